The van der Waals surface area contributed by atoms with Gasteiger partial charge in [-0.1, -0.05) is 0 Å². The van der Waals surface area contributed by atoms with Crippen molar-refractivity contribution in [1.82, 2.24) is 0 Å². The van der Waals surface area contributed by atoms with E-state index in [2.05, 4.69) is 9.47 Å². The quantitative estimate of drug-likeness (QED) is 0.247. The maximum Gasteiger partial charge on any atom is 0.101 e. The van der Waals surface area contributed by atoms with Gasteiger partial charge >= 0.3 is 0 Å². The number of rotatable bonds is 10. The van der Waals surface area contributed by atoms with Gasteiger partial charge in [0.2, 0.25) is 0 Å². The highest BCUT2D eigenvalue weighted by atomic mass is 16.5. The van der Waals surface area contributed by atoms with E-state index in [-0.39, 0.29) is 39.6 Å². The third-order valence-electron chi connectivity index (χ3n) is 1.76. The van der Waals surface area contributed by atoms with Crippen molar-refractivity contribution in [3.63, 3.8) is 0 Å². The van der Waals surface area contributed by atoms with Crippen molar-refractivity contribution in [3.05, 3.63) is 0 Å². The maximum absolute atomic E-state index is 9.04. The van der Waals surface area contributed by atoms with Crippen molar-refractivity contribution >= 4 is 0 Å². The van der Waals surface area contributed by atoms with Gasteiger partial charge in [0.25, 0.3) is 0 Å². The Kier molecular flexibility index (Phi) is 26.7. The predicted molar refractivity (Wildman–Crippen MR) is 74.9 cm³/mol. The average molecular weight is 318 g/mol. The smallest absolute Gasteiger partial charge is 0.101 e. The lowest BCUT2D eigenvalue weighted by atomic mass is 10.4. The summed E-state index contributed by atoms with van der Waals surface area (Å²) in [6.45, 7) is -0.0257. The Bertz CT molecular complexity index is 171. The number of hydrogen-bond donors (Lipinski definition) is 6. The van der Waals surface area contributed by atoms with E-state index in [4.69, 9.17) is 35.4 Å². The molecule has 0 aromatic rings. The number of aliphatic hydroxyl groups is 6. The molecular weight excluding hydrogens is 288 g/mol. The van der Waals surface area contributed by atoms with Crippen molar-refractivity contribution in [2.75, 3.05) is 61.0 Å². The first-order chi connectivity index (χ1) is 10.0. The van der Waals surface area contributed by atoms with Crippen LogP contribution in [0, 0.1) is 0 Å². The van der Waals surface area contributed by atoms with Crippen LogP contribution in [0.15, 0.2) is 0 Å². The van der Waals surface area contributed by atoms with E-state index in [1.54, 1.807) is 0 Å². The Hall–Kier alpha value is -0.360. The molecule has 0 heterocycles. The highest BCUT2D eigenvalue weighted by Crippen LogP contribution is 1.89. The van der Waals surface area contributed by atoms with E-state index in [0.29, 0.717) is 0 Å². The molecule has 0 radical (unpaired) electrons. The van der Waals surface area contributed by atoms with Gasteiger partial charge in [0.1, 0.15) is 18.3 Å². The lowest BCUT2D eigenvalue weighted by Gasteiger charge is -2.11. The molecule has 0 saturated carbocycles. The van der Waals surface area contributed by atoms with E-state index >= 15 is 0 Å². The zero-order valence-corrected chi connectivity index (χ0v) is 12.9. The summed E-state index contributed by atoms with van der Waals surface area (Å²) in [5, 5.41) is 49.9. The molecule has 3 unspecified atom stereocenters. The second-order valence-corrected chi connectivity index (χ2v) is 3.77. The molecule has 9 nitrogen and oxygen atoms in total. The minimum absolute atomic E-state index is 0.0251. The molecule has 132 valence electrons. The summed E-state index contributed by atoms with van der Waals surface area (Å²) in [5.74, 6) is 0. The largest absolute Gasteiger partial charge is 0.400 e. The van der Waals surface area contributed by atoms with Crippen molar-refractivity contribution < 1.29 is 44.8 Å². The van der Waals surface area contributed by atoms with Crippen LogP contribution in [0.5, 0.6) is 0 Å². The standard InChI is InChI=1S/C7H16O5.C4H10O3.CH4O/c1-11-3-7(10)5-12-4-6(9)2-8;1-7-3-4(6)2-5;1-2/h6-10H,2-5H2,1H3;4-6H,2-3H2,1H3;2H,1H3. The second-order valence-electron chi connectivity index (χ2n) is 3.77. The highest BCUT2D eigenvalue weighted by Gasteiger charge is 2.05. The molecule has 0 rings (SSSR count). The Morgan fingerprint density at radius 1 is 0.667 bits per heavy atom. The van der Waals surface area contributed by atoms with E-state index in [1.165, 1.54) is 14.2 Å². The third-order valence-corrected chi connectivity index (χ3v) is 1.76. The summed E-state index contributed by atoms with van der Waals surface area (Å²) < 4.78 is 14.0. The van der Waals surface area contributed by atoms with Gasteiger partial charge in [0.15, 0.2) is 0 Å². The van der Waals surface area contributed by atoms with Crippen molar-refractivity contribution in [2.24, 2.45) is 0 Å². The van der Waals surface area contributed by atoms with Crippen LogP contribution < -0.4 is 0 Å². The zero-order chi connectivity index (χ0) is 17.1. The van der Waals surface area contributed by atoms with E-state index in [9.17, 15) is 0 Å². The number of aliphatic hydroxyl groups excluding tert-OH is 6. The minimum atomic E-state index is -0.875. The molecular formula is C12H30O9. The monoisotopic (exact) mass is 318 g/mol. The molecule has 0 aliphatic carbocycles. The fourth-order valence-corrected chi connectivity index (χ4v) is 0.878. The van der Waals surface area contributed by atoms with Gasteiger partial charge in [-0.05, 0) is 0 Å². The normalized spacial score (nSPS) is 14.1. The molecule has 6 N–H and O–H groups in total. The fourth-order valence-electron chi connectivity index (χ4n) is 0.878. The lowest BCUT2D eigenvalue weighted by Crippen LogP contribution is -2.26. The summed E-state index contributed by atoms with van der Waals surface area (Å²) in [6, 6.07) is 0. The lowest BCUT2D eigenvalue weighted by molar-refractivity contribution is -0.0417. The van der Waals surface area contributed by atoms with Crippen molar-refractivity contribution in [3.8, 4) is 0 Å². The van der Waals surface area contributed by atoms with Gasteiger partial charge in [-0.15, -0.1) is 0 Å². The molecule has 0 aliphatic heterocycles. The Balaban J connectivity index is -0.000000307. The van der Waals surface area contributed by atoms with Crippen molar-refractivity contribution in [1.29, 1.82) is 0 Å². The van der Waals surface area contributed by atoms with Crippen LogP contribution in [0.2, 0.25) is 0 Å². The van der Waals surface area contributed by atoms with Gasteiger partial charge in [0, 0.05) is 21.3 Å². The van der Waals surface area contributed by atoms with Gasteiger partial charge in [0.05, 0.1) is 39.6 Å². The van der Waals surface area contributed by atoms with Crippen LogP contribution in [0.4, 0.5) is 0 Å². The summed E-state index contributed by atoms with van der Waals surface area (Å²) in [7, 11) is 3.95. The molecule has 9 heteroatoms. The summed E-state index contributed by atoms with van der Waals surface area (Å²) >= 11 is 0. The van der Waals surface area contributed by atoms with E-state index < -0.39 is 18.3 Å². The van der Waals surface area contributed by atoms with E-state index in [1.807, 2.05) is 0 Å². The SMILES string of the molecule is CO.COCC(O)CO.COCC(O)COCC(O)CO. The summed E-state index contributed by atoms with van der Waals surface area (Å²) in [4.78, 5) is 0. The minimum Gasteiger partial charge on any atom is -0.400 e. The van der Waals surface area contributed by atoms with Crippen molar-refractivity contribution in [2.45, 2.75) is 18.3 Å². The first-order valence-corrected chi connectivity index (χ1v) is 6.27. The Labute approximate surface area is 125 Å². The molecule has 0 spiro atoms. The van der Waals surface area contributed by atoms with Crippen LogP contribution in [-0.2, 0) is 14.2 Å². The van der Waals surface area contributed by atoms with Gasteiger partial charge in [-0.2, -0.15) is 0 Å². The Morgan fingerprint density at radius 3 is 1.33 bits per heavy atom. The van der Waals surface area contributed by atoms with Crippen LogP contribution in [0.25, 0.3) is 0 Å². The van der Waals surface area contributed by atoms with Crippen LogP contribution >= 0.6 is 0 Å². The van der Waals surface area contributed by atoms with Crippen LogP contribution in [0.3, 0.4) is 0 Å². The topological polar surface area (TPSA) is 149 Å². The molecule has 0 saturated heterocycles. The molecule has 0 amide bonds. The molecule has 3 atom stereocenters. The van der Waals surface area contributed by atoms with Gasteiger partial charge < -0.3 is 44.8 Å². The van der Waals surface area contributed by atoms with Gasteiger partial charge in [-0.3, -0.25) is 0 Å². The van der Waals surface area contributed by atoms with E-state index in [0.717, 1.165) is 7.11 Å². The second kappa shape index (κ2) is 21.9. The maximum atomic E-state index is 9.04. The molecule has 0 aliphatic rings. The fraction of sp³-hybridized carbons (Fsp3) is 1.00. The van der Waals surface area contributed by atoms with Crippen LogP contribution in [-0.4, -0.2) is 110 Å². The van der Waals surface area contributed by atoms with Gasteiger partial charge in [-0.25, -0.2) is 0 Å². The molecule has 0 fully saturated rings. The molecule has 0 aromatic heterocycles. The molecule has 21 heavy (non-hydrogen) atoms. The Morgan fingerprint density at radius 2 is 1.00 bits per heavy atom. The first-order valence-electron chi connectivity index (χ1n) is 6.27. The highest BCUT2D eigenvalue weighted by molar-refractivity contribution is 4.53. The molecule has 0 aromatic carbocycles. The molecule has 0 bridgehead atoms. The van der Waals surface area contributed by atoms with Crippen LogP contribution in [0.1, 0.15) is 0 Å². The summed E-state index contributed by atoms with van der Waals surface area (Å²) in [5.41, 5.74) is 0. The summed E-state index contributed by atoms with van der Waals surface area (Å²) in [6.07, 6.45) is -2.27. The predicted octanol–water partition coefficient (Wildman–Crippen LogP) is -3.04. The third kappa shape index (κ3) is 25.0. The zero-order valence-electron chi connectivity index (χ0n) is 12.9. The average Bonchev–Trinajstić information content (AvgIpc) is 2.50. The number of hydrogen-bond acceptors (Lipinski definition) is 9. The number of methoxy groups -OCH3 is 2. The first kappa shape index (κ1) is 25.6. The number of ether oxygens (including phenoxy) is 3.